The van der Waals surface area contributed by atoms with Gasteiger partial charge in [-0.1, -0.05) is 26.0 Å². The minimum atomic E-state index is -3.69. The average molecular weight is 272 g/mol. The summed E-state index contributed by atoms with van der Waals surface area (Å²) in [7, 11) is -3.69. The fourth-order valence-corrected chi connectivity index (χ4v) is 2.15. The summed E-state index contributed by atoms with van der Waals surface area (Å²) in [6, 6.07) is 6.56. The first kappa shape index (κ1) is 14.9. The molecule has 0 fully saturated rings. The van der Waals surface area contributed by atoms with Crippen molar-refractivity contribution in [2.24, 2.45) is 11.1 Å². The third-order valence-corrected chi connectivity index (χ3v) is 3.18. The summed E-state index contributed by atoms with van der Waals surface area (Å²) < 4.78 is 28.1. The van der Waals surface area contributed by atoms with E-state index in [2.05, 4.69) is 19.2 Å². The second-order valence-corrected chi connectivity index (χ2v) is 5.97. The number of benzene rings is 1. The number of nitrogens with two attached hydrogens (primary N) is 1. The van der Waals surface area contributed by atoms with E-state index in [0.717, 1.165) is 0 Å². The lowest BCUT2D eigenvalue weighted by atomic mass is 10.2. The lowest BCUT2D eigenvalue weighted by Gasteiger charge is -2.11. The molecule has 0 aliphatic rings. The Kier molecular flexibility index (Phi) is 5.58. The van der Waals surface area contributed by atoms with Crippen molar-refractivity contribution in [1.29, 1.82) is 0 Å². The van der Waals surface area contributed by atoms with Crippen LogP contribution in [0.2, 0.25) is 0 Å². The molecule has 0 heterocycles. The summed E-state index contributed by atoms with van der Waals surface area (Å²) in [6.07, 6.45) is 0. The molecule has 5 nitrogen and oxygen atoms in total. The molecule has 0 saturated carbocycles. The highest BCUT2D eigenvalue weighted by Crippen LogP contribution is 2.18. The standard InChI is InChI=1S/C12H20N2O3S/c1-10(2)9-17-8-7-14-11-5-3-4-6-12(11)18(13,15)16/h3-6,10,14H,7-9H2,1-2H3,(H2,13,15,16). The minimum Gasteiger partial charge on any atom is -0.382 e. The van der Waals surface area contributed by atoms with Gasteiger partial charge in [-0.15, -0.1) is 0 Å². The second-order valence-electron chi connectivity index (χ2n) is 4.44. The highest BCUT2D eigenvalue weighted by molar-refractivity contribution is 7.89. The molecule has 6 heteroatoms. The van der Waals surface area contributed by atoms with Crippen molar-refractivity contribution in [3.8, 4) is 0 Å². The Morgan fingerprint density at radius 1 is 1.33 bits per heavy atom. The van der Waals surface area contributed by atoms with Crippen LogP contribution >= 0.6 is 0 Å². The number of ether oxygens (including phenoxy) is 1. The van der Waals surface area contributed by atoms with Crippen molar-refractivity contribution in [2.75, 3.05) is 25.1 Å². The Hall–Kier alpha value is -1.11. The van der Waals surface area contributed by atoms with Gasteiger partial charge in [0, 0.05) is 13.2 Å². The van der Waals surface area contributed by atoms with E-state index in [4.69, 9.17) is 9.88 Å². The maximum atomic E-state index is 11.3. The SMILES string of the molecule is CC(C)COCCNc1ccccc1S(N)(=O)=O. The quantitative estimate of drug-likeness (QED) is 0.735. The molecule has 0 amide bonds. The first-order valence-corrected chi connectivity index (χ1v) is 7.39. The molecule has 0 spiro atoms. The minimum absolute atomic E-state index is 0.105. The fourth-order valence-electron chi connectivity index (χ4n) is 1.44. The Morgan fingerprint density at radius 2 is 2.00 bits per heavy atom. The number of anilines is 1. The van der Waals surface area contributed by atoms with Gasteiger partial charge in [0.1, 0.15) is 4.90 Å². The highest BCUT2D eigenvalue weighted by Gasteiger charge is 2.12. The summed E-state index contributed by atoms with van der Waals surface area (Å²) in [6.45, 7) is 5.91. The number of hydrogen-bond acceptors (Lipinski definition) is 4. The smallest absolute Gasteiger partial charge is 0.240 e. The van der Waals surface area contributed by atoms with Crippen LogP contribution in [0, 0.1) is 5.92 Å². The van der Waals surface area contributed by atoms with E-state index in [9.17, 15) is 8.42 Å². The lowest BCUT2D eigenvalue weighted by Crippen LogP contribution is -2.17. The molecular formula is C12H20N2O3S. The van der Waals surface area contributed by atoms with Crippen molar-refractivity contribution in [1.82, 2.24) is 0 Å². The lowest BCUT2D eigenvalue weighted by molar-refractivity contribution is 0.118. The molecule has 0 atom stereocenters. The van der Waals surface area contributed by atoms with Crippen molar-refractivity contribution in [3.05, 3.63) is 24.3 Å². The zero-order chi connectivity index (χ0) is 13.6. The number of rotatable bonds is 7. The molecule has 0 aliphatic carbocycles. The van der Waals surface area contributed by atoms with Crippen molar-refractivity contribution in [2.45, 2.75) is 18.7 Å². The normalized spacial score (nSPS) is 11.8. The Balaban J connectivity index is 2.53. The molecule has 3 N–H and O–H groups in total. The molecule has 0 radical (unpaired) electrons. The summed E-state index contributed by atoms with van der Waals surface area (Å²) in [4.78, 5) is 0.105. The summed E-state index contributed by atoms with van der Waals surface area (Å²) in [5, 5.41) is 8.14. The highest BCUT2D eigenvalue weighted by atomic mass is 32.2. The molecule has 1 rings (SSSR count). The molecule has 0 unspecified atom stereocenters. The topological polar surface area (TPSA) is 81.4 Å². The van der Waals surface area contributed by atoms with Crippen LogP contribution in [-0.4, -0.2) is 28.2 Å². The fraction of sp³-hybridized carbons (Fsp3) is 0.500. The van der Waals surface area contributed by atoms with E-state index < -0.39 is 10.0 Å². The Labute approximate surface area is 108 Å². The third-order valence-electron chi connectivity index (χ3n) is 2.21. The van der Waals surface area contributed by atoms with Gasteiger partial charge in [0.15, 0.2) is 0 Å². The van der Waals surface area contributed by atoms with Crippen LogP contribution in [0.1, 0.15) is 13.8 Å². The van der Waals surface area contributed by atoms with Crippen LogP contribution in [0.15, 0.2) is 29.2 Å². The second kappa shape index (κ2) is 6.72. The summed E-state index contributed by atoms with van der Waals surface area (Å²) in [5.41, 5.74) is 0.508. The molecule has 0 bridgehead atoms. The van der Waals surface area contributed by atoms with Gasteiger partial charge in [-0.3, -0.25) is 0 Å². The van der Waals surface area contributed by atoms with Gasteiger partial charge in [-0.05, 0) is 18.1 Å². The van der Waals surface area contributed by atoms with E-state index in [1.165, 1.54) is 6.07 Å². The van der Waals surface area contributed by atoms with Crippen LogP contribution < -0.4 is 10.5 Å². The maximum absolute atomic E-state index is 11.3. The van der Waals surface area contributed by atoms with Crippen molar-refractivity contribution in [3.63, 3.8) is 0 Å². The molecule has 0 aromatic heterocycles. The Bertz CT molecular complexity index is 472. The first-order valence-electron chi connectivity index (χ1n) is 5.84. The third kappa shape index (κ3) is 5.03. The average Bonchev–Trinajstić information content (AvgIpc) is 2.27. The Morgan fingerprint density at radius 3 is 2.61 bits per heavy atom. The zero-order valence-corrected chi connectivity index (χ0v) is 11.5. The van der Waals surface area contributed by atoms with Crippen LogP contribution in [0.25, 0.3) is 0 Å². The van der Waals surface area contributed by atoms with Crippen molar-refractivity contribution < 1.29 is 13.2 Å². The monoisotopic (exact) mass is 272 g/mol. The van der Waals surface area contributed by atoms with Gasteiger partial charge in [0.05, 0.1) is 12.3 Å². The number of hydrogen-bond donors (Lipinski definition) is 2. The number of primary sulfonamides is 1. The number of sulfonamides is 1. The van der Waals surface area contributed by atoms with Gasteiger partial charge < -0.3 is 10.1 Å². The summed E-state index contributed by atoms with van der Waals surface area (Å²) >= 11 is 0. The van der Waals surface area contributed by atoms with Crippen LogP contribution in [0.5, 0.6) is 0 Å². The molecule has 18 heavy (non-hydrogen) atoms. The van der Waals surface area contributed by atoms with E-state index in [1.807, 2.05) is 0 Å². The number of para-hydroxylation sites is 1. The predicted octanol–water partition coefficient (Wildman–Crippen LogP) is 1.42. The van der Waals surface area contributed by atoms with Crippen LogP contribution in [0.3, 0.4) is 0 Å². The van der Waals surface area contributed by atoms with Crippen LogP contribution in [-0.2, 0) is 14.8 Å². The molecular weight excluding hydrogens is 252 g/mol. The van der Waals surface area contributed by atoms with E-state index in [1.54, 1.807) is 18.2 Å². The largest absolute Gasteiger partial charge is 0.382 e. The first-order chi connectivity index (χ1) is 8.41. The van der Waals surface area contributed by atoms with Crippen molar-refractivity contribution >= 4 is 15.7 Å². The molecule has 1 aromatic carbocycles. The van der Waals surface area contributed by atoms with Gasteiger partial charge in [0.25, 0.3) is 0 Å². The molecule has 0 saturated heterocycles. The van der Waals surface area contributed by atoms with E-state index >= 15 is 0 Å². The maximum Gasteiger partial charge on any atom is 0.240 e. The molecule has 0 aliphatic heterocycles. The van der Waals surface area contributed by atoms with Gasteiger partial charge in [0.2, 0.25) is 10.0 Å². The van der Waals surface area contributed by atoms with E-state index in [0.29, 0.717) is 31.4 Å². The molecule has 102 valence electrons. The molecule has 1 aromatic rings. The van der Waals surface area contributed by atoms with Gasteiger partial charge >= 0.3 is 0 Å². The predicted molar refractivity (Wildman–Crippen MR) is 72.0 cm³/mol. The zero-order valence-electron chi connectivity index (χ0n) is 10.7. The van der Waals surface area contributed by atoms with E-state index in [-0.39, 0.29) is 4.90 Å². The van der Waals surface area contributed by atoms with Gasteiger partial charge in [-0.2, -0.15) is 0 Å². The number of nitrogens with one attached hydrogen (secondary N) is 1. The summed E-state index contributed by atoms with van der Waals surface area (Å²) in [5.74, 6) is 0.488. The van der Waals surface area contributed by atoms with Crippen LogP contribution in [0.4, 0.5) is 5.69 Å². The van der Waals surface area contributed by atoms with Gasteiger partial charge in [-0.25, -0.2) is 13.6 Å².